The Balaban J connectivity index is 2.71. The largest absolute Gasteiger partial charge is 0.321 e. The van der Waals surface area contributed by atoms with Crippen molar-refractivity contribution >= 4 is 18.0 Å². The topological polar surface area (TPSA) is 26.3 Å². The summed E-state index contributed by atoms with van der Waals surface area (Å²) in [5.41, 5.74) is 0. The van der Waals surface area contributed by atoms with Crippen molar-refractivity contribution in [2.24, 2.45) is 0 Å². The second-order valence-corrected chi connectivity index (χ2v) is 7.73. The van der Waals surface area contributed by atoms with E-state index in [0.717, 1.165) is 4.90 Å². The van der Waals surface area contributed by atoms with Gasteiger partial charge in [-0.1, -0.05) is 25.1 Å². The lowest BCUT2D eigenvalue weighted by atomic mass is 10.4. The predicted molar refractivity (Wildman–Crippen MR) is 62.1 cm³/mol. The van der Waals surface area contributed by atoms with Crippen LogP contribution < -0.4 is 0 Å². The van der Waals surface area contributed by atoms with Gasteiger partial charge in [-0.25, -0.2) is 0 Å². The molecule has 0 N–H and O–H groups in total. The van der Waals surface area contributed by atoms with Crippen LogP contribution in [0.1, 0.15) is 13.8 Å². The molecule has 4 heteroatoms. The van der Waals surface area contributed by atoms with Gasteiger partial charge in [-0.2, -0.15) is 0 Å². The van der Waals surface area contributed by atoms with E-state index in [0.29, 0.717) is 12.8 Å². The molecule has 0 amide bonds. The molecule has 0 heterocycles. The summed E-state index contributed by atoms with van der Waals surface area (Å²) in [6.07, 6.45) is 0.570. The fraction of sp³-hybridized carbons (Fsp3) is 0.400. The molecular weight excluding hydrogens is 215 g/mol. The van der Waals surface area contributed by atoms with Crippen LogP contribution in [0, 0.1) is 0 Å². The molecule has 78 valence electrons. The number of benzene rings is 1. The normalized spacial score (nSPS) is 15.0. The van der Waals surface area contributed by atoms with Crippen LogP contribution in [-0.2, 0) is 9.09 Å². The van der Waals surface area contributed by atoms with Crippen molar-refractivity contribution in [1.29, 1.82) is 0 Å². The monoisotopic (exact) mass is 230 g/mol. The maximum atomic E-state index is 12.1. The maximum absolute atomic E-state index is 12.1. The van der Waals surface area contributed by atoms with Crippen LogP contribution in [0.15, 0.2) is 35.2 Å². The van der Waals surface area contributed by atoms with Crippen molar-refractivity contribution in [2.75, 3.05) is 12.8 Å². The molecule has 0 saturated heterocycles. The molecular formula is C10H15O2PS. The summed E-state index contributed by atoms with van der Waals surface area (Å²) in [6, 6.07) is 9.72. The van der Waals surface area contributed by atoms with Crippen molar-refractivity contribution in [3.05, 3.63) is 30.3 Å². The smallest absolute Gasteiger partial charge is 0.262 e. The van der Waals surface area contributed by atoms with E-state index in [4.69, 9.17) is 4.52 Å². The van der Waals surface area contributed by atoms with Crippen LogP contribution >= 0.6 is 18.0 Å². The second kappa shape index (κ2) is 5.59. The van der Waals surface area contributed by atoms with Crippen molar-refractivity contribution in [3.63, 3.8) is 0 Å². The summed E-state index contributed by atoms with van der Waals surface area (Å²) in [5, 5.41) is 0. The van der Waals surface area contributed by atoms with E-state index in [2.05, 4.69) is 0 Å². The van der Waals surface area contributed by atoms with Gasteiger partial charge in [0.15, 0.2) is 0 Å². The molecule has 1 aromatic carbocycles. The van der Waals surface area contributed by atoms with Crippen molar-refractivity contribution in [2.45, 2.75) is 18.7 Å². The molecule has 0 spiro atoms. The van der Waals surface area contributed by atoms with Gasteiger partial charge in [0.1, 0.15) is 0 Å². The van der Waals surface area contributed by atoms with Gasteiger partial charge in [0.25, 0.3) is 6.57 Å². The van der Waals surface area contributed by atoms with Crippen molar-refractivity contribution in [1.82, 2.24) is 0 Å². The van der Waals surface area contributed by atoms with Gasteiger partial charge < -0.3 is 4.52 Å². The molecule has 1 atom stereocenters. The lowest BCUT2D eigenvalue weighted by Crippen LogP contribution is -1.88. The Kier molecular flexibility index (Phi) is 4.73. The predicted octanol–water partition coefficient (Wildman–Crippen LogP) is 4.03. The van der Waals surface area contributed by atoms with Crippen molar-refractivity contribution in [3.8, 4) is 0 Å². The lowest BCUT2D eigenvalue weighted by molar-refractivity contribution is 0.347. The van der Waals surface area contributed by atoms with E-state index >= 15 is 0 Å². The summed E-state index contributed by atoms with van der Waals surface area (Å²) in [7, 11) is 0. The minimum atomic E-state index is -2.51. The molecule has 0 aliphatic rings. The minimum Gasteiger partial charge on any atom is -0.321 e. The quantitative estimate of drug-likeness (QED) is 0.714. The summed E-state index contributed by atoms with van der Waals surface area (Å²) < 4.78 is 17.4. The average Bonchev–Trinajstić information content (AvgIpc) is 2.20. The highest BCUT2D eigenvalue weighted by atomic mass is 32.7. The standard InChI is InChI=1S/C10H15O2PS/c1-3-12-13(11,4-2)14-10-8-6-5-7-9-10/h5-9H,3-4H2,1-2H3. The van der Waals surface area contributed by atoms with Gasteiger partial charge in [0.05, 0.1) is 6.61 Å². The lowest BCUT2D eigenvalue weighted by Gasteiger charge is -2.14. The molecule has 0 aliphatic carbocycles. The third-order valence-electron chi connectivity index (χ3n) is 1.70. The molecule has 0 fully saturated rings. The van der Waals surface area contributed by atoms with E-state index in [9.17, 15) is 4.57 Å². The summed E-state index contributed by atoms with van der Waals surface area (Å²) in [6.45, 7) is 1.76. The summed E-state index contributed by atoms with van der Waals surface area (Å²) in [5.74, 6) is 0. The first kappa shape index (κ1) is 11.8. The Hall–Kier alpha value is -0.240. The second-order valence-electron chi connectivity index (χ2n) is 2.75. The third kappa shape index (κ3) is 3.49. The van der Waals surface area contributed by atoms with E-state index < -0.39 is 6.57 Å². The molecule has 0 aromatic heterocycles. The van der Waals surface area contributed by atoms with E-state index in [1.807, 2.05) is 44.2 Å². The maximum Gasteiger partial charge on any atom is 0.262 e. The first-order chi connectivity index (χ1) is 6.70. The first-order valence-corrected chi connectivity index (χ1v) is 7.91. The molecule has 1 unspecified atom stereocenters. The molecule has 14 heavy (non-hydrogen) atoms. The Morgan fingerprint density at radius 1 is 1.29 bits per heavy atom. The van der Waals surface area contributed by atoms with E-state index in [-0.39, 0.29) is 0 Å². The zero-order valence-corrected chi connectivity index (χ0v) is 10.2. The fourth-order valence-corrected chi connectivity index (χ4v) is 4.57. The average molecular weight is 230 g/mol. The number of hydrogen-bond donors (Lipinski definition) is 0. The van der Waals surface area contributed by atoms with Gasteiger partial charge in [0.2, 0.25) is 0 Å². The highest BCUT2D eigenvalue weighted by molar-refractivity contribution is 8.56. The zero-order chi connectivity index (χ0) is 10.4. The highest BCUT2D eigenvalue weighted by Gasteiger charge is 2.21. The van der Waals surface area contributed by atoms with Crippen LogP contribution in [0.4, 0.5) is 0 Å². The Labute approximate surface area is 89.3 Å². The molecule has 0 radical (unpaired) electrons. The van der Waals surface area contributed by atoms with Gasteiger partial charge in [-0.05, 0) is 30.4 Å². The fourth-order valence-electron chi connectivity index (χ4n) is 1.02. The summed E-state index contributed by atoms with van der Waals surface area (Å²) in [4.78, 5) is 1.01. The Bertz CT molecular complexity index is 313. The Morgan fingerprint density at radius 2 is 1.93 bits per heavy atom. The SMILES string of the molecule is CCOP(=O)(CC)Sc1ccccc1. The molecule has 0 saturated carbocycles. The molecule has 1 rings (SSSR count). The molecule has 1 aromatic rings. The van der Waals surface area contributed by atoms with E-state index in [1.54, 1.807) is 0 Å². The first-order valence-electron chi connectivity index (χ1n) is 4.68. The van der Waals surface area contributed by atoms with Gasteiger partial charge >= 0.3 is 0 Å². The number of rotatable bonds is 5. The molecule has 2 nitrogen and oxygen atoms in total. The van der Waals surface area contributed by atoms with E-state index in [1.165, 1.54) is 11.4 Å². The van der Waals surface area contributed by atoms with Crippen LogP contribution in [-0.4, -0.2) is 12.8 Å². The van der Waals surface area contributed by atoms with Crippen LogP contribution in [0.25, 0.3) is 0 Å². The Morgan fingerprint density at radius 3 is 2.43 bits per heavy atom. The number of hydrogen-bond acceptors (Lipinski definition) is 3. The van der Waals surface area contributed by atoms with Gasteiger partial charge in [0, 0.05) is 11.1 Å². The van der Waals surface area contributed by atoms with Crippen LogP contribution in [0.2, 0.25) is 0 Å². The zero-order valence-electron chi connectivity index (χ0n) is 8.47. The highest BCUT2D eigenvalue weighted by Crippen LogP contribution is 2.62. The minimum absolute atomic E-state index is 0.505. The molecule has 0 bridgehead atoms. The van der Waals surface area contributed by atoms with Crippen molar-refractivity contribution < 1.29 is 9.09 Å². The third-order valence-corrected chi connectivity index (χ3v) is 6.45. The summed E-state index contributed by atoms with van der Waals surface area (Å²) >= 11 is 1.35. The van der Waals surface area contributed by atoms with Gasteiger partial charge in [-0.3, -0.25) is 4.57 Å². The molecule has 0 aliphatic heterocycles. The van der Waals surface area contributed by atoms with Gasteiger partial charge in [-0.15, -0.1) is 0 Å². The van der Waals surface area contributed by atoms with Crippen LogP contribution in [0.5, 0.6) is 0 Å². The van der Waals surface area contributed by atoms with Crippen LogP contribution in [0.3, 0.4) is 0 Å².